The molecular weight excluding hydrogens is 430 g/mol. The van der Waals surface area contributed by atoms with Crippen LogP contribution >= 0.6 is 0 Å². The van der Waals surface area contributed by atoms with Crippen molar-refractivity contribution in [1.29, 1.82) is 0 Å². The second-order valence-corrected chi connectivity index (χ2v) is 7.76. The Morgan fingerprint density at radius 2 is 1.42 bits per heavy atom. The number of anilines is 1. The van der Waals surface area contributed by atoms with Gasteiger partial charge in [0.15, 0.2) is 0 Å². The predicted molar refractivity (Wildman–Crippen MR) is 119 cm³/mol. The lowest BCUT2D eigenvalue weighted by Crippen LogP contribution is -2.23. The fourth-order valence-corrected chi connectivity index (χ4v) is 3.35. The van der Waals surface area contributed by atoms with E-state index in [1.807, 2.05) is 12.2 Å². The highest BCUT2D eigenvalue weighted by atomic mass is 16.6. The van der Waals surface area contributed by atoms with Crippen LogP contribution in [0.3, 0.4) is 0 Å². The van der Waals surface area contributed by atoms with Crippen molar-refractivity contribution >= 4 is 29.7 Å². The molecule has 9 nitrogen and oxygen atoms in total. The fraction of sp³-hybridized carbons (Fsp3) is 0.500. The third kappa shape index (κ3) is 9.76. The lowest BCUT2D eigenvalue weighted by molar-refractivity contribution is -0.142. The van der Waals surface area contributed by atoms with Crippen LogP contribution in [0.15, 0.2) is 24.3 Å². The molecule has 1 aliphatic rings. The summed E-state index contributed by atoms with van der Waals surface area (Å²) in [7, 11) is 0. The summed E-state index contributed by atoms with van der Waals surface area (Å²) in [5.74, 6) is -1.47. The smallest absolute Gasteiger partial charge is 0.412 e. The molecule has 1 unspecified atom stereocenters. The molecule has 1 aromatic carbocycles. The first-order valence-electron chi connectivity index (χ1n) is 10.9. The Morgan fingerprint density at radius 1 is 0.848 bits per heavy atom. The number of benzene rings is 1. The van der Waals surface area contributed by atoms with E-state index in [1.165, 1.54) is 20.8 Å². The third-order valence-electron chi connectivity index (χ3n) is 4.86. The maximum Gasteiger partial charge on any atom is 0.412 e. The monoisotopic (exact) mass is 461 g/mol. The Balaban J connectivity index is 2.31. The van der Waals surface area contributed by atoms with E-state index < -0.39 is 24.0 Å². The van der Waals surface area contributed by atoms with E-state index in [9.17, 15) is 19.2 Å². The van der Waals surface area contributed by atoms with Gasteiger partial charge in [0, 0.05) is 31.9 Å². The number of rotatable bonds is 8. The highest BCUT2D eigenvalue weighted by Crippen LogP contribution is 2.27. The van der Waals surface area contributed by atoms with Crippen molar-refractivity contribution in [3.05, 3.63) is 41.0 Å². The van der Waals surface area contributed by atoms with E-state index in [2.05, 4.69) is 5.32 Å². The number of amides is 1. The molecular formula is C24H31NO8. The van der Waals surface area contributed by atoms with Gasteiger partial charge in [-0.25, -0.2) is 4.79 Å². The second kappa shape index (κ2) is 13.2. The SMILES string of the molecule is CC(=O)OCc1cc(COC(C)=O)c(NC(=O)OC2/C=C/CCCCC2)c(COC(C)=O)c1. The van der Waals surface area contributed by atoms with Crippen LogP contribution in [0.1, 0.15) is 69.6 Å². The minimum absolute atomic E-state index is 0.0347. The molecule has 0 saturated heterocycles. The second-order valence-electron chi connectivity index (χ2n) is 7.76. The first-order chi connectivity index (χ1) is 15.7. The average Bonchev–Trinajstić information content (AvgIpc) is 2.72. The predicted octanol–water partition coefficient (Wildman–Crippen LogP) is 4.31. The molecule has 0 saturated carbocycles. The van der Waals surface area contributed by atoms with Crippen LogP contribution in [0.25, 0.3) is 0 Å². The first-order valence-corrected chi connectivity index (χ1v) is 10.9. The number of hydrogen-bond donors (Lipinski definition) is 1. The zero-order valence-corrected chi connectivity index (χ0v) is 19.3. The third-order valence-corrected chi connectivity index (χ3v) is 4.86. The summed E-state index contributed by atoms with van der Waals surface area (Å²) in [4.78, 5) is 46.7. The highest BCUT2D eigenvalue weighted by Gasteiger charge is 2.19. The molecule has 1 aromatic rings. The van der Waals surface area contributed by atoms with Gasteiger partial charge in [0.1, 0.15) is 25.9 Å². The molecule has 1 amide bonds. The van der Waals surface area contributed by atoms with Crippen LogP contribution in [-0.2, 0) is 53.2 Å². The van der Waals surface area contributed by atoms with Crippen molar-refractivity contribution in [2.45, 2.75) is 78.8 Å². The molecule has 0 spiro atoms. The molecule has 0 radical (unpaired) electrons. The van der Waals surface area contributed by atoms with E-state index >= 15 is 0 Å². The molecule has 0 aliphatic heterocycles. The number of hydrogen-bond acceptors (Lipinski definition) is 8. The van der Waals surface area contributed by atoms with Crippen molar-refractivity contribution < 1.29 is 38.1 Å². The number of esters is 3. The molecule has 1 aliphatic carbocycles. The van der Waals surface area contributed by atoms with Gasteiger partial charge in [-0.3, -0.25) is 19.7 Å². The highest BCUT2D eigenvalue weighted by molar-refractivity contribution is 5.87. The van der Waals surface area contributed by atoms with Crippen LogP contribution in [0.4, 0.5) is 10.5 Å². The summed E-state index contributed by atoms with van der Waals surface area (Å²) in [6.07, 6.45) is 7.72. The first kappa shape index (κ1) is 25.9. The maximum absolute atomic E-state index is 12.7. The van der Waals surface area contributed by atoms with Gasteiger partial charge in [0.05, 0.1) is 5.69 Å². The van der Waals surface area contributed by atoms with Gasteiger partial charge >= 0.3 is 24.0 Å². The molecule has 180 valence electrons. The molecule has 2 rings (SSSR count). The standard InChI is InChI=1S/C24H31NO8/c1-16(26)30-13-19-11-20(14-31-17(2)27)23(21(12-19)15-32-18(3)28)25-24(29)33-22-9-7-5-4-6-8-10-22/h7,9,11-12,22H,4-6,8,10,13-15H2,1-3H3,(H,25,29)/b9-7+. The zero-order valence-electron chi connectivity index (χ0n) is 19.3. The normalized spacial score (nSPS) is 16.5. The van der Waals surface area contributed by atoms with Crippen LogP contribution in [0.2, 0.25) is 0 Å². The molecule has 0 fully saturated rings. The van der Waals surface area contributed by atoms with E-state index in [1.54, 1.807) is 12.1 Å². The fourth-order valence-electron chi connectivity index (χ4n) is 3.35. The molecule has 9 heteroatoms. The van der Waals surface area contributed by atoms with Crippen LogP contribution in [0.5, 0.6) is 0 Å². The molecule has 1 atom stereocenters. The van der Waals surface area contributed by atoms with Crippen LogP contribution in [0, 0.1) is 0 Å². The van der Waals surface area contributed by atoms with Crippen LogP contribution < -0.4 is 5.32 Å². The number of allylic oxidation sites excluding steroid dienone is 1. The van der Waals surface area contributed by atoms with Crippen molar-refractivity contribution in [1.82, 2.24) is 0 Å². The van der Waals surface area contributed by atoms with Gasteiger partial charge in [-0.1, -0.05) is 12.5 Å². The minimum Gasteiger partial charge on any atom is -0.461 e. The summed E-state index contributed by atoms with van der Waals surface area (Å²) < 4.78 is 20.9. The van der Waals surface area contributed by atoms with Gasteiger partial charge in [0.2, 0.25) is 0 Å². The van der Waals surface area contributed by atoms with E-state index in [-0.39, 0.29) is 25.9 Å². The van der Waals surface area contributed by atoms with E-state index in [0.717, 1.165) is 32.1 Å². The Bertz CT molecular complexity index is 853. The molecule has 0 aromatic heterocycles. The number of ether oxygens (including phenoxy) is 4. The van der Waals surface area contributed by atoms with Gasteiger partial charge in [-0.15, -0.1) is 0 Å². The summed E-state index contributed by atoms with van der Waals surface area (Å²) in [5.41, 5.74) is 1.78. The van der Waals surface area contributed by atoms with Gasteiger partial charge in [0.25, 0.3) is 0 Å². The molecule has 1 N–H and O–H groups in total. The lowest BCUT2D eigenvalue weighted by atomic mass is 10.0. The Kier molecular flexibility index (Phi) is 10.4. The number of nitrogens with one attached hydrogen (secondary N) is 1. The van der Waals surface area contributed by atoms with Crippen LogP contribution in [-0.4, -0.2) is 30.1 Å². The maximum atomic E-state index is 12.7. The molecule has 0 heterocycles. The average molecular weight is 462 g/mol. The Morgan fingerprint density at radius 3 is 2.00 bits per heavy atom. The van der Waals surface area contributed by atoms with Gasteiger partial charge in [-0.2, -0.15) is 0 Å². The number of carbonyl (C=O) groups excluding carboxylic acids is 4. The largest absolute Gasteiger partial charge is 0.461 e. The minimum atomic E-state index is -0.675. The molecule has 33 heavy (non-hydrogen) atoms. The van der Waals surface area contributed by atoms with Crippen molar-refractivity contribution in [2.75, 3.05) is 5.32 Å². The molecule has 0 bridgehead atoms. The zero-order chi connectivity index (χ0) is 24.2. The van der Waals surface area contributed by atoms with Gasteiger partial charge in [-0.05, 0) is 49.5 Å². The Labute approximate surface area is 193 Å². The van der Waals surface area contributed by atoms with Crippen molar-refractivity contribution in [3.63, 3.8) is 0 Å². The van der Waals surface area contributed by atoms with Gasteiger partial charge < -0.3 is 18.9 Å². The quantitative estimate of drug-likeness (QED) is 0.346. The van der Waals surface area contributed by atoms with Crippen molar-refractivity contribution in [2.24, 2.45) is 0 Å². The summed E-state index contributed by atoms with van der Waals surface area (Å²) in [6.45, 7) is 3.50. The number of carbonyl (C=O) groups is 4. The summed E-state index contributed by atoms with van der Waals surface area (Å²) >= 11 is 0. The summed E-state index contributed by atoms with van der Waals surface area (Å²) in [5, 5.41) is 2.72. The van der Waals surface area contributed by atoms with E-state index in [4.69, 9.17) is 18.9 Å². The van der Waals surface area contributed by atoms with Crippen molar-refractivity contribution in [3.8, 4) is 0 Å². The summed E-state index contributed by atoms with van der Waals surface area (Å²) in [6, 6.07) is 3.29. The van der Waals surface area contributed by atoms with E-state index in [0.29, 0.717) is 22.4 Å². The lowest BCUT2D eigenvalue weighted by Gasteiger charge is -2.20. The topological polar surface area (TPSA) is 117 Å². The Hall–Kier alpha value is -3.36.